The molecule has 8 nitrogen and oxygen atoms in total. The fourth-order valence-electron chi connectivity index (χ4n) is 3.61. The molecule has 0 aromatic carbocycles. The average Bonchev–Trinajstić information content (AvgIpc) is 3.27. The van der Waals surface area contributed by atoms with Gasteiger partial charge in [-0.2, -0.15) is 0 Å². The van der Waals surface area contributed by atoms with Crippen molar-refractivity contribution in [1.82, 2.24) is 20.1 Å². The molecule has 2 fully saturated rings. The summed E-state index contributed by atoms with van der Waals surface area (Å²) in [6, 6.07) is 3.82. The summed E-state index contributed by atoms with van der Waals surface area (Å²) in [5.74, 6) is 0.558. The third-order valence-electron chi connectivity index (χ3n) is 5.31. The monoisotopic (exact) mass is 390 g/mol. The Morgan fingerprint density at radius 3 is 2.46 bits per heavy atom. The smallest absolute Gasteiger partial charge is 0.319 e. The van der Waals surface area contributed by atoms with Crippen molar-refractivity contribution >= 4 is 11.9 Å². The molecule has 0 aliphatic carbocycles. The number of pyridine rings is 1. The van der Waals surface area contributed by atoms with Gasteiger partial charge in [-0.25, -0.2) is 9.78 Å². The minimum Gasteiger partial charge on any atom is -0.475 e. The number of nitrogens with one attached hydrogen (secondary N) is 1. The lowest BCUT2D eigenvalue weighted by Gasteiger charge is -2.34. The van der Waals surface area contributed by atoms with Crippen LogP contribution in [0.1, 0.15) is 31.2 Å². The molecule has 0 spiro atoms. The maximum atomic E-state index is 12.5. The van der Waals surface area contributed by atoms with E-state index in [4.69, 9.17) is 9.47 Å². The Hall–Kier alpha value is -2.35. The lowest BCUT2D eigenvalue weighted by Crippen LogP contribution is -2.47. The van der Waals surface area contributed by atoms with E-state index in [1.54, 1.807) is 19.4 Å². The zero-order valence-corrected chi connectivity index (χ0v) is 16.6. The standard InChI is InChI=1S/C20H30N4O4/c1-27-12-13-28-18-5-4-16(14-21-18)15-22-19(25)17-6-10-24(11-7-17)20(26)23-8-2-3-9-23/h4-5,14,17H,2-3,6-13,15H2,1H3,(H,22,25). The predicted molar refractivity (Wildman–Crippen MR) is 104 cm³/mol. The van der Waals surface area contributed by atoms with Crippen LogP contribution in [0.5, 0.6) is 5.88 Å². The summed E-state index contributed by atoms with van der Waals surface area (Å²) >= 11 is 0. The largest absolute Gasteiger partial charge is 0.475 e. The van der Waals surface area contributed by atoms with Gasteiger partial charge in [-0.3, -0.25) is 4.79 Å². The molecule has 1 aromatic heterocycles. The van der Waals surface area contributed by atoms with Crippen molar-refractivity contribution in [2.75, 3.05) is 46.5 Å². The second-order valence-electron chi connectivity index (χ2n) is 7.30. The predicted octanol–water partition coefficient (Wildman–Crippen LogP) is 1.65. The number of hydrogen-bond acceptors (Lipinski definition) is 5. The molecule has 0 atom stereocenters. The quantitative estimate of drug-likeness (QED) is 0.716. The van der Waals surface area contributed by atoms with Gasteiger partial charge in [-0.15, -0.1) is 0 Å². The van der Waals surface area contributed by atoms with Gasteiger partial charge in [0.05, 0.1) is 6.61 Å². The molecule has 0 radical (unpaired) electrons. The Kier molecular flexibility index (Phi) is 7.47. The van der Waals surface area contributed by atoms with Crippen molar-refractivity contribution in [1.29, 1.82) is 0 Å². The summed E-state index contributed by atoms with van der Waals surface area (Å²) in [7, 11) is 1.62. The van der Waals surface area contributed by atoms with Gasteiger partial charge in [0.1, 0.15) is 6.61 Å². The Morgan fingerprint density at radius 2 is 1.82 bits per heavy atom. The van der Waals surface area contributed by atoms with Crippen LogP contribution in [0, 0.1) is 5.92 Å². The molecule has 154 valence electrons. The van der Waals surface area contributed by atoms with E-state index in [1.165, 1.54) is 0 Å². The van der Waals surface area contributed by atoms with E-state index in [-0.39, 0.29) is 17.9 Å². The maximum absolute atomic E-state index is 12.5. The number of likely N-dealkylation sites (tertiary alicyclic amines) is 2. The van der Waals surface area contributed by atoms with Crippen LogP contribution in [-0.4, -0.2) is 73.2 Å². The molecule has 3 heterocycles. The molecule has 28 heavy (non-hydrogen) atoms. The first-order valence-electron chi connectivity index (χ1n) is 10.1. The number of rotatable bonds is 7. The zero-order valence-electron chi connectivity index (χ0n) is 16.6. The van der Waals surface area contributed by atoms with Gasteiger partial charge in [-0.1, -0.05) is 6.07 Å². The molecule has 2 saturated heterocycles. The van der Waals surface area contributed by atoms with E-state index in [0.717, 1.165) is 44.3 Å². The minimum absolute atomic E-state index is 0.0350. The topological polar surface area (TPSA) is 84.0 Å². The van der Waals surface area contributed by atoms with Gasteiger partial charge in [0.2, 0.25) is 11.8 Å². The van der Waals surface area contributed by atoms with Crippen LogP contribution >= 0.6 is 0 Å². The number of hydrogen-bond donors (Lipinski definition) is 1. The van der Waals surface area contributed by atoms with Crippen LogP contribution in [0.15, 0.2) is 18.3 Å². The molecule has 2 aliphatic heterocycles. The van der Waals surface area contributed by atoms with Gasteiger partial charge in [0.25, 0.3) is 0 Å². The lowest BCUT2D eigenvalue weighted by molar-refractivity contribution is -0.126. The normalized spacial score (nSPS) is 17.6. The molecule has 1 N–H and O–H groups in total. The molecule has 0 saturated carbocycles. The second kappa shape index (κ2) is 10.3. The first kappa shape index (κ1) is 20.4. The zero-order chi connectivity index (χ0) is 19.8. The first-order valence-corrected chi connectivity index (χ1v) is 10.1. The summed E-state index contributed by atoms with van der Waals surface area (Å²) in [6.45, 7) is 4.45. The number of carbonyl (C=O) groups excluding carboxylic acids is 2. The summed E-state index contributed by atoms with van der Waals surface area (Å²) in [5.41, 5.74) is 0.925. The number of urea groups is 1. The highest BCUT2D eigenvalue weighted by atomic mass is 16.5. The number of carbonyl (C=O) groups is 2. The van der Waals surface area contributed by atoms with Crippen LogP contribution in [0.4, 0.5) is 4.79 Å². The summed E-state index contributed by atoms with van der Waals surface area (Å²) in [4.78, 5) is 32.9. The third kappa shape index (κ3) is 5.58. The molecule has 2 aliphatic rings. The molecule has 3 amide bonds. The summed E-state index contributed by atoms with van der Waals surface area (Å²) in [6.07, 6.45) is 5.34. The lowest BCUT2D eigenvalue weighted by atomic mass is 9.96. The van der Waals surface area contributed by atoms with Crippen LogP contribution in [0.3, 0.4) is 0 Å². The van der Waals surface area contributed by atoms with E-state index >= 15 is 0 Å². The summed E-state index contributed by atoms with van der Waals surface area (Å²) < 4.78 is 10.4. The van der Waals surface area contributed by atoms with E-state index < -0.39 is 0 Å². The van der Waals surface area contributed by atoms with Crippen molar-refractivity contribution in [3.8, 4) is 5.88 Å². The third-order valence-corrected chi connectivity index (χ3v) is 5.31. The number of nitrogens with zero attached hydrogens (tertiary/aromatic N) is 3. The highest BCUT2D eigenvalue weighted by molar-refractivity contribution is 5.79. The fraction of sp³-hybridized carbons (Fsp3) is 0.650. The highest BCUT2D eigenvalue weighted by Crippen LogP contribution is 2.20. The fourth-order valence-corrected chi connectivity index (χ4v) is 3.61. The SMILES string of the molecule is COCCOc1ccc(CNC(=O)C2CCN(C(=O)N3CCCC3)CC2)cn1. The molecule has 1 aromatic rings. The van der Waals surface area contributed by atoms with Gasteiger partial charge >= 0.3 is 6.03 Å². The summed E-state index contributed by atoms with van der Waals surface area (Å²) in [5, 5.41) is 2.99. The van der Waals surface area contributed by atoms with Crippen molar-refractivity contribution in [2.45, 2.75) is 32.2 Å². The highest BCUT2D eigenvalue weighted by Gasteiger charge is 2.30. The minimum atomic E-state index is -0.0350. The molecule has 0 unspecified atom stereocenters. The first-order chi connectivity index (χ1) is 13.7. The van der Waals surface area contributed by atoms with Crippen molar-refractivity contribution in [3.05, 3.63) is 23.9 Å². The average molecular weight is 390 g/mol. The van der Waals surface area contributed by atoms with Crippen LogP contribution in [-0.2, 0) is 16.1 Å². The molecular weight excluding hydrogens is 360 g/mol. The second-order valence-corrected chi connectivity index (χ2v) is 7.30. The number of aromatic nitrogens is 1. The molecule has 3 rings (SSSR count). The van der Waals surface area contributed by atoms with E-state index in [2.05, 4.69) is 10.3 Å². The number of methoxy groups -OCH3 is 1. The number of amides is 3. The Bertz CT molecular complexity index is 638. The molecule has 0 bridgehead atoms. The number of ether oxygens (including phenoxy) is 2. The van der Waals surface area contributed by atoms with Gasteiger partial charge < -0.3 is 24.6 Å². The molecule has 8 heteroatoms. The van der Waals surface area contributed by atoms with E-state index in [9.17, 15) is 9.59 Å². The van der Waals surface area contributed by atoms with Crippen molar-refractivity contribution in [3.63, 3.8) is 0 Å². The van der Waals surface area contributed by atoms with Gasteiger partial charge in [-0.05, 0) is 31.2 Å². The maximum Gasteiger partial charge on any atom is 0.319 e. The van der Waals surface area contributed by atoms with Crippen molar-refractivity contribution in [2.24, 2.45) is 5.92 Å². The number of piperidine rings is 1. The Balaban J connectivity index is 1.38. The van der Waals surface area contributed by atoms with Crippen LogP contribution in [0.25, 0.3) is 0 Å². The van der Waals surface area contributed by atoms with Crippen LogP contribution < -0.4 is 10.1 Å². The van der Waals surface area contributed by atoms with Gasteiger partial charge in [0, 0.05) is 58.0 Å². The van der Waals surface area contributed by atoms with Crippen molar-refractivity contribution < 1.29 is 19.1 Å². The molecular formula is C20H30N4O4. The van der Waals surface area contributed by atoms with Crippen LogP contribution in [0.2, 0.25) is 0 Å². The van der Waals surface area contributed by atoms with Gasteiger partial charge in [0.15, 0.2) is 0 Å². The Labute approximate surface area is 166 Å². The van der Waals surface area contributed by atoms with E-state index in [0.29, 0.717) is 38.7 Å². The Morgan fingerprint density at radius 1 is 1.11 bits per heavy atom. The van der Waals surface area contributed by atoms with E-state index in [1.807, 2.05) is 15.9 Å².